The van der Waals surface area contributed by atoms with Gasteiger partial charge in [0.15, 0.2) is 0 Å². The molecule has 0 amide bonds. The first-order valence-electron chi connectivity index (χ1n) is 7.38. The third kappa shape index (κ3) is 0.842. The van der Waals surface area contributed by atoms with Crippen LogP contribution < -0.4 is 0 Å². The topological polar surface area (TPSA) is 0 Å². The molecule has 0 aliphatic heterocycles. The van der Waals surface area contributed by atoms with Crippen LogP contribution in [0.4, 0.5) is 0 Å². The Morgan fingerprint density at radius 2 is 1.81 bits per heavy atom. The molecule has 3 saturated carbocycles. The molecule has 0 aromatic rings. The van der Waals surface area contributed by atoms with Crippen LogP contribution in [0.2, 0.25) is 0 Å². The van der Waals surface area contributed by atoms with Crippen LogP contribution in [0, 0.1) is 39.9 Å². The van der Waals surface area contributed by atoms with Crippen molar-refractivity contribution in [2.24, 2.45) is 39.9 Å². The van der Waals surface area contributed by atoms with Gasteiger partial charge in [0.1, 0.15) is 0 Å². The van der Waals surface area contributed by atoms with E-state index in [2.05, 4.69) is 41.5 Å². The third-order valence-electron chi connectivity index (χ3n) is 7.37. The van der Waals surface area contributed by atoms with Gasteiger partial charge in [-0.05, 0) is 46.3 Å². The van der Waals surface area contributed by atoms with Crippen LogP contribution in [-0.2, 0) is 0 Å². The molecule has 0 N–H and O–H groups in total. The highest BCUT2D eigenvalue weighted by Gasteiger charge is 2.97. The minimum Gasteiger partial charge on any atom is -0.0654 e. The molecule has 3 aliphatic rings. The molecule has 0 heteroatoms. The van der Waals surface area contributed by atoms with Crippen molar-refractivity contribution in [3.8, 4) is 0 Å². The van der Waals surface area contributed by atoms with Gasteiger partial charge < -0.3 is 0 Å². The lowest BCUT2D eigenvalue weighted by Crippen LogP contribution is -2.23. The molecule has 7 atom stereocenters. The van der Waals surface area contributed by atoms with Gasteiger partial charge in [0.2, 0.25) is 0 Å². The highest BCUT2D eigenvalue weighted by Crippen LogP contribution is 3.01. The van der Waals surface area contributed by atoms with Crippen LogP contribution in [0.3, 0.4) is 0 Å². The van der Waals surface area contributed by atoms with Crippen molar-refractivity contribution in [3.05, 3.63) is 0 Å². The van der Waals surface area contributed by atoms with Crippen LogP contribution in [0.5, 0.6) is 0 Å². The minimum atomic E-state index is 0.725. The second-order valence-electron chi connectivity index (χ2n) is 7.67. The van der Waals surface area contributed by atoms with E-state index in [9.17, 15) is 0 Å². The first-order valence-corrected chi connectivity index (χ1v) is 7.38. The summed E-state index contributed by atoms with van der Waals surface area (Å²) in [5.74, 6) is 4.04. The lowest BCUT2D eigenvalue weighted by atomic mass is 9.76. The summed E-state index contributed by atoms with van der Waals surface area (Å²) in [4.78, 5) is 0. The molecule has 0 spiro atoms. The minimum absolute atomic E-state index is 0.725. The predicted octanol–water partition coefficient (Wildman–Crippen LogP) is 4.74. The van der Waals surface area contributed by atoms with Gasteiger partial charge in [-0.1, -0.05) is 54.4 Å². The third-order valence-corrected chi connectivity index (χ3v) is 7.37. The van der Waals surface area contributed by atoms with Crippen LogP contribution >= 0.6 is 0 Å². The monoisotopic (exact) mass is 220 g/mol. The smallest absolute Gasteiger partial charge is 0.0142 e. The zero-order valence-electron chi connectivity index (χ0n) is 11.9. The maximum Gasteiger partial charge on any atom is -0.0142 e. The van der Waals surface area contributed by atoms with Crippen molar-refractivity contribution < 1.29 is 0 Å². The van der Waals surface area contributed by atoms with Gasteiger partial charge in [0, 0.05) is 0 Å². The van der Waals surface area contributed by atoms with Gasteiger partial charge >= 0.3 is 0 Å². The van der Waals surface area contributed by atoms with E-state index in [-0.39, 0.29) is 0 Å². The second kappa shape index (κ2) is 2.70. The van der Waals surface area contributed by atoms with E-state index in [1.54, 1.807) is 0 Å². The maximum absolute atomic E-state index is 2.59. The summed E-state index contributed by atoms with van der Waals surface area (Å²) in [7, 11) is 0. The highest BCUT2D eigenvalue weighted by atomic mass is 15.0. The summed E-state index contributed by atoms with van der Waals surface area (Å²) < 4.78 is 0. The fraction of sp³-hybridized carbons (Fsp3) is 1.00. The fourth-order valence-corrected chi connectivity index (χ4v) is 6.19. The van der Waals surface area contributed by atoms with E-state index in [1.165, 1.54) is 19.3 Å². The van der Waals surface area contributed by atoms with Crippen molar-refractivity contribution in [1.29, 1.82) is 0 Å². The van der Waals surface area contributed by atoms with Crippen LogP contribution in [0.15, 0.2) is 0 Å². The average Bonchev–Trinajstić information content (AvgIpc) is 3.08. The Labute approximate surface area is 101 Å². The molecule has 0 aromatic heterocycles. The van der Waals surface area contributed by atoms with Crippen molar-refractivity contribution in [2.75, 3.05) is 0 Å². The van der Waals surface area contributed by atoms with E-state index < -0.39 is 0 Å². The van der Waals surface area contributed by atoms with Gasteiger partial charge in [-0.25, -0.2) is 0 Å². The van der Waals surface area contributed by atoms with Crippen molar-refractivity contribution in [3.63, 3.8) is 0 Å². The molecular weight excluding hydrogens is 192 g/mol. The zero-order chi connectivity index (χ0) is 11.9. The van der Waals surface area contributed by atoms with Gasteiger partial charge in [0.05, 0.1) is 0 Å². The molecule has 0 heterocycles. The van der Waals surface area contributed by atoms with E-state index in [0.717, 1.165) is 39.9 Å². The van der Waals surface area contributed by atoms with Crippen LogP contribution in [-0.4, -0.2) is 0 Å². The molecule has 0 radical (unpaired) electrons. The molecule has 3 rings (SSSR count). The normalized spacial score (nSPS) is 63.8. The van der Waals surface area contributed by atoms with Gasteiger partial charge in [-0.3, -0.25) is 0 Å². The van der Waals surface area contributed by atoms with Gasteiger partial charge in [-0.2, -0.15) is 0 Å². The number of rotatable bonds is 4. The average molecular weight is 220 g/mol. The Balaban J connectivity index is 1.82. The lowest BCUT2D eigenvalue weighted by Gasteiger charge is -2.28. The van der Waals surface area contributed by atoms with Crippen LogP contribution in [0.1, 0.15) is 60.8 Å². The molecule has 0 bridgehead atoms. The Morgan fingerprint density at radius 1 is 1.25 bits per heavy atom. The second-order valence-corrected chi connectivity index (χ2v) is 7.67. The Hall–Kier alpha value is 0. The highest BCUT2D eigenvalue weighted by molar-refractivity contribution is 5.44. The van der Waals surface area contributed by atoms with Crippen LogP contribution in [0.25, 0.3) is 0 Å². The summed E-state index contributed by atoms with van der Waals surface area (Å²) in [6, 6.07) is 0. The molecule has 0 aromatic carbocycles. The molecule has 3 fully saturated rings. The molecular formula is C16H28. The van der Waals surface area contributed by atoms with Crippen molar-refractivity contribution in [2.45, 2.75) is 60.8 Å². The number of hydrogen-bond donors (Lipinski definition) is 0. The Bertz CT molecular complexity index is 333. The summed E-state index contributed by atoms with van der Waals surface area (Å²) in [6.45, 7) is 15.0. The first kappa shape index (κ1) is 11.1. The zero-order valence-corrected chi connectivity index (χ0v) is 11.9. The van der Waals surface area contributed by atoms with Crippen molar-refractivity contribution in [1.82, 2.24) is 0 Å². The van der Waals surface area contributed by atoms with E-state index in [1.807, 2.05) is 0 Å². The molecule has 7 unspecified atom stereocenters. The molecule has 3 aliphatic carbocycles. The van der Waals surface area contributed by atoms with Crippen molar-refractivity contribution >= 4 is 0 Å². The van der Waals surface area contributed by atoms with Gasteiger partial charge in [-0.15, -0.1) is 0 Å². The Morgan fingerprint density at radius 3 is 2.19 bits per heavy atom. The number of hydrogen-bond acceptors (Lipinski definition) is 0. The predicted molar refractivity (Wildman–Crippen MR) is 69.2 cm³/mol. The van der Waals surface area contributed by atoms with Gasteiger partial charge in [0.25, 0.3) is 0 Å². The Kier molecular flexibility index (Phi) is 1.87. The summed E-state index contributed by atoms with van der Waals surface area (Å²) >= 11 is 0. The standard InChI is InChI=1S/C16H28/c1-7-8-10(2)16-12(4)15(16,6)13(16)14(5)9-11(14)3/h10-13H,7-9H2,1-6H3. The molecule has 0 nitrogen and oxygen atoms in total. The van der Waals surface area contributed by atoms with E-state index in [0.29, 0.717) is 0 Å². The summed E-state index contributed by atoms with van der Waals surface area (Å²) in [5, 5.41) is 0. The molecule has 16 heavy (non-hydrogen) atoms. The SMILES string of the molecule is CCCC(C)C12C(C)C1(C)C2C1(C)CC1C. The van der Waals surface area contributed by atoms with E-state index >= 15 is 0 Å². The lowest BCUT2D eigenvalue weighted by molar-refractivity contribution is 0.193. The molecule has 92 valence electrons. The largest absolute Gasteiger partial charge is 0.0654 e. The fourth-order valence-electron chi connectivity index (χ4n) is 6.19. The quantitative estimate of drug-likeness (QED) is 0.642. The summed E-state index contributed by atoms with van der Waals surface area (Å²) in [6.07, 6.45) is 4.31. The van der Waals surface area contributed by atoms with E-state index in [4.69, 9.17) is 0 Å². The number of fused-ring (bicyclic) bond motifs is 1. The first-order chi connectivity index (χ1) is 7.38. The maximum atomic E-state index is 2.59. The summed E-state index contributed by atoms with van der Waals surface area (Å²) in [5.41, 5.74) is 2.23. The molecule has 0 saturated heterocycles.